The van der Waals surface area contributed by atoms with Crippen molar-refractivity contribution >= 4 is 17.4 Å². The summed E-state index contributed by atoms with van der Waals surface area (Å²) in [5.41, 5.74) is 2.72. The molecule has 3 rings (SSSR count). The summed E-state index contributed by atoms with van der Waals surface area (Å²) in [5, 5.41) is 3.28. The van der Waals surface area contributed by atoms with Crippen molar-refractivity contribution in [3.63, 3.8) is 0 Å². The fourth-order valence-corrected chi connectivity index (χ4v) is 2.70. The summed E-state index contributed by atoms with van der Waals surface area (Å²) in [6, 6.07) is 25.1. The van der Waals surface area contributed by atoms with Crippen molar-refractivity contribution in [3.05, 3.63) is 102 Å². The Kier molecular flexibility index (Phi) is 5.44. The van der Waals surface area contributed by atoms with Crippen LogP contribution in [0.2, 0.25) is 0 Å². The number of nitrogens with one attached hydrogen (secondary N) is 1. The van der Waals surface area contributed by atoms with Crippen molar-refractivity contribution < 1.29 is 14.3 Å². The van der Waals surface area contributed by atoms with Gasteiger partial charge in [0.25, 0.3) is 0 Å². The zero-order valence-corrected chi connectivity index (χ0v) is 14.4. The number of ketones is 1. The largest absolute Gasteiger partial charge is 0.465 e. The molecule has 26 heavy (non-hydrogen) atoms. The van der Waals surface area contributed by atoms with E-state index in [4.69, 9.17) is 4.74 Å². The first kappa shape index (κ1) is 17.4. The van der Waals surface area contributed by atoms with Crippen LogP contribution in [0.5, 0.6) is 0 Å². The van der Waals surface area contributed by atoms with Crippen LogP contribution >= 0.6 is 0 Å². The first-order valence-corrected chi connectivity index (χ1v) is 8.28. The van der Waals surface area contributed by atoms with Gasteiger partial charge >= 0.3 is 5.97 Å². The van der Waals surface area contributed by atoms with E-state index in [2.05, 4.69) is 5.32 Å². The van der Waals surface area contributed by atoms with Crippen LogP contribution in [0.15, 0.2) is 84.9 Å². The van der Waals surface area contributed by atoms with Crippen molar-refractivity contribution in [2.45, 2.75) is 6.04 Å². The van der Waals surface area contributed by atoms with Gasteiger partial charge in [0.15, 0.2) is 5.78 Å². The summed E-state index contributed by atoms with van der Waals surface area (Å²) in [6.07, 6.45) is 0. The fraction of sp³-hybridized carbons (Fsp3) is 0.0909. The maximum absolute atomic E-state index is 13.0. The SMILES string of the molecule is COC(=O)c1ccc(N[C@@H](C(=O)c2ccccc2)c2ccccc2)cc1. The molecular formula is C22H19NO3. The molecule has 0 aliphatic rings. The normalized spacial score (nSPS) is 11.4. The minimum Gasteiger partial charge on any atom is -0.465 e. The lowest BCUT2D eigenvalue weighted by molar-refractivity contribution is 0.0600. The lowest BCUT2D eigenvalue weighted by Gasteiger charge is -2.19. The molecule has 0 radical (unpaired) electrons. The molecule has 0 heterocycles. The topological polar surface area (TPSA) is 55.4 Å². The molecule has 0 aliphatic heterocycles. The Balaban J connectivity index is 1.89. The van der Waals surface area contributed by atoms with Gasteiger partial charge in [-0.25, -0.2) is 4.79 Å². The highest BCUT2D eigenvalue weighted by atomic mass is 16.5. The number of carbonyl (C=O) groups excluding carboxylic acids is 2. The number of hydrogen-bond donors (Lipinski definition) is 1. The van der Waals surface area contributed by atoms with Gasteiger partial charge in [-0.3, -0.25) is 4.79 Å². The minimum absolute atomic E-state index is 0.0196. The molecule has 1 N–H and O–H groups in total. The van der Waals surface area contributed by atoms with E-state index in [1.165, 1.54) is 7.11 Å². The van der Waals surface area contributed by atoms with Gasteiger partial charge in [0.1, 0.15) is 6.04 Å². The Bertz CT molecular complexity index is 874. The predicted molar refractivity (Wildman–Crippen MR) is 101 cm³/mol. The second kappa shape index (κ2) is 8.12. The van der Waals surface area contributed by atoms with E-state index in [1.807, 2.05) is 48.5 Å². The van der Waals surface area contributed by atoms with Gasteiger partial charge in [0.2, 0.25) is 0 Å². The molecule has 4 nitrogen and oxygen atoms in total. The molecular weight excluding hydrogens is 326 g/mol. The van der Waals surface area contributed by atoms with Gasteiger partial charge in [-0.1, -0.05) is 60.7 Å². The maximum atomic E-state index is 13.0. The average molecular weight is 345 g/mol. The van der Waals surface area contributed by atoms with Crippen molar-refractivity contribution in [2.24, 2.45) is 0 Å². The van der Waals surface area contributed by atoms with E-state index in [1.54, 1.807) is 36.4 Å². The molecule has 0 bridgehead atoms. The fourth-order valence-electron chi connectivity index (χ4n) is 2.70. The summed E-state index contributed by atoms with van der Waals surface area (Å²) in [6.45, 7) is 0. The summed E-state index contributed by atoms with van der Waals surface area (Å²) in [5.74, 6) is -0.412. The van der Waals surface area contributed by atoms with Gasteiger partial charge in [0, 0.05) is 11.3 Å². The van der Waals surface area contributed by atoms with E-state index in [0.29, 0.717) is 11.1 Å². The first-order valence-electron chi connectivity index (χ1n) is 8.28. The summed E-state index contributed by atoms with van der Waals surface area (Å²) < 4.78 is 4.71. The maximum Gasteiger partial charge on any atom is 0.337 e. The lowest BCUT2D eigenvalue weighted by atomic mass is 9.97. The second-order valence-corrected chi connectivity index (χ2v) is 5.79. The molecule has 0 aliphatic carbocycles. The molecule has 0 aromatic heterocycles. The molecule has 0 unspecified atom stereocenters. The van der Waals surface area contributed by atoms with Crippen LogP contribution in [0.4, 0.5) is 5.69 Å². The number of Topliss-reactive ketones (excluding diaryl/α,β-unsaturated/α-hetero) is 1. The summed E-state index contributed by atoms with van der Waals surface area (Å²) >= 11 is 0. The third-order valence-electron chi connectivity index (χ3n) is 4.07. The third kappa shape index (κ3) is 3.98. The highest BCUT2D eigenvalue weighted by Gasteiger charge is 2.21. The third-order valence-corrected chi connectivity index (χ3v) is 4.07. The molecule has 4 heteroatoms. The highest BCUT2D eigenvalue weighted by molar-refractivity contribution is 6.02. The summed E-state index contributed by atoms with van der Waals surface area (Å²) in [7, 11) is 1.35. The van der Waals surface area contributed by atoms with Gasteiger partial charge in [-0.2, -0.15) is 0 Å². The number of anilines is 1. The number of hydrogen-bond acceptors (Lipinski definition) is 4. The Morgan fingerprint density at radius 3 is 1.92 bits per heavy atom. The van der Waals surface area contributed by atoms with Crippen molar-refractivity contribution in [1.29, 1.82) is 0 Å². The average Bonchev–Trinajstić information content (AvgIpc) is 2.72. The quantitative estimate of drug-likeness (QED) is 0.527. The van der Waals surface area contributed by atoms with Gasteiger partial charge in [-0.15, -0.1) is 0 Å². The van der Waals surface area contributed by atoms with Crippen LogP contribution in [0.1, 0.15) is 32.3 Å². The second-order valence-electron chi connectivity index (χ2n) is 5.79. The van der Waals surface area contributed by atoms with Gasteiger partial charge < -0.3 is 10.1 Å². The van der Waals surface area contributed by atoms with E-state index >= 15 is 0 Å². The van der Waals surface area contributed by atoms with Crippen molar-refractivity contribution in [1.82, 2.24) is 0 Å². The Labute approximate surface area is 152 Å². The minimum atomic E-state index is -0.525. The zero-order valence-electron chi connectivity index (χ0n) is 14.4. The molecule has 3 aromatic rings. The van der Waals surface area contributed by atoms with Crippen LogP contribution in [-0.2, 0) is 4.74 Å². The molecule has 0 saturated carbocycles. The van der Waals surface area contributed by atoms with Gasteiger partial charge in [-0.05, 0) is 29.8 Å². The van der Waals surface area contributed by atoms with E-state index in [0.717, 1.165) is 11.3 Å². The number of rotatable bonds is 6. The van der Waals surface area contributed by atoms with Crippen LogP contribution in [-0.4, -0.2) is 18.9 Å². The van der Waals surface area contributed by atoms with E-state index in [9.17, 15) is 9.59 Å². The highest BCUT2D eigenvalue weighted by Crippen LogP contribution is 2.24. The predicted octanol–water partition coefficient (Wildman–Crippen LogP) is 4.51. The number of methoxy groups -OCH3 is 1. The van der Waals surface area contributed by atoms with Crippen molar-refractivity contribution in [2.75, 3.05) is 12.4 Å². The Hall–Kier alpha value is -3.40. The van der Waals surface area contributed by atoms with E-state index < -0.39 is 12.0 Å². The van der Waals surface area contributed by atoms with Crippen LogP contribution in [0.25, 0.3) is 0 Å². The van der Waals surface area contributed by atoms with Crippen LogP contribution in [0.3, 0.4) is 0 Å². The molecule has 130 valence electrons. The standard InChI is InChI=1S/C22H19NO3/c1-26-22(25)18-12-14-19(15-13-18)23-20(16-8-4-2-5-9-16)21(24)17-10-6-3-7-11-17/h2-15,20,23H,1H3/t20-/m1/s1. The number of ether oxygens (including phenoxy) is 1. The Morgan fingerprint density at radius 1 is 0.769 bits per heavy atom. The van der Waals surface area contributed by atoms with E-state index in [-0.39, 0.29) is 5.78 Å². The number of benzene rings is 3. The summed E-state index contributed by atoms with van der Waals surface area (Å²) in [4.78, 5) is 24.6. The number of esters is 1. The monoisotopic (exact) mass is 345 g/mol. The molecule has 3 aromatic carbocycles. The van der Waals surface area contributed by atoms with Crippen LogP contribution in [0, 0.1) is 0 Å². The molecule has 0 amide bonds. The smallest absolute Gasteiger partial charge is 0.337 e. The number of carbonyl (C=O) groups is 2. The molecule has 0 saturated heterocycles. The first-order chi connectivity index (χ1) is 12.7. The van der Waals surface area contributed by atoms with Crippen LogP contribution < -0.4 is 5.32 Å². The Morgan fingerprint density at radius 2 is 1.35 bits per heavy atom. The molecule has 0 fully saturated rings. The van der Waals surface area contributed by atoms with Crippen molar-refractivity contribution in [3.8, 4) is 0 Å². The molecule has 1 atom stereocenters. The zero-order chi connectivity index (χ0) is 18.4. The van der Waals surface area contributed by atoms with Gasteiger partial charge in [0.05, 0.1) is 12.7 Å². The molecule has 0 spiro atoms. The lowest BCUT2D eigenvalue weighted by Crippen LogP contribution is -2.21.